The first-order valence-corrected chi connectivity index (χ1v) is 13.1. The molecule has 0 spiro atoms. The van der Waals surface area contributed by atoms with Crippen molar-refractivity contribution < 1.29 is 34.7 Å². The van der Waals surface area contributed by atoms with Crippen molar-refractivity contribution in [3.8, 4) is 0 Å². The third kappa shape index (κ3) is 10.4. The van der Waals surface area contributed by atoms with E-state index in [1.54, 1.807) is 6.08 Å². The van der Waals surface area contributed by atoms with Crippen LogP contribution in [0.15, 0.2) is 11.6 Å². The summed E-state index contributed by atoms with van der Waals surface area (Å²) < 4.78 is 11.1. The predicted octanol–water partition coefficient (Wildman–Crippen LogP) is 3.55. The van der Waals surface area contributed by atoms with E-state index in [1.165, 1.54) is 0 Å². The number of esters is 1. The fourth-order valence-electron chi connectivity index (χ4n) is 4.81. The molecule has 0 aromatic heterocycles. The molecule has 2 rings (SSSR count). The number of carbonyl (C=O) groups is 1. The van der Waals surface area contributed by atoms with Crippen LogP contribution >= 0.6 is 0 Å². The van der Waals surface area contributed by atoms with Gasteiger partial charge in [0.2, 0.25) is 0 Å². The van der Waals surface area contributed by atoms with Crippen LogP contribution in [0.25, 0.3) is 0 Å². The zero-order valence-electron chi connectivity index (χ0n) is 20.5. The van der Waals surface area contributed by atoms with E-state index in [2.05, 4.69) is 6.92 Å². The number of hydrogen-bond donors (Lipinski definition) is 4. The topological polar surface area (TPSA) is 116 Å². The molecule has 2 aliphatic rings. The van der Waals surface area contributed by atoms with Gasteiger partial charge in [-0.2, -0.15) is 0 Å². The Morgan fingerprint density at radius 3 is 2.36 bits per heavy atom. The Kier molecular flexibility index (Phi) is 12.9. The van der Waals surface area contributed by atoms with Gasteiger partial charge in [0.1, 0.15) is 6.10 Å². The Hall–Kier alpha value is -0.990. The molecule has 192 valence electrons. The predicted molar refractivity (Wildman–Crippen MR) is 127 cm³/mol. The van der Waals surface area contributed by atoms with Crippen LogP contribution in [0.3, 0.4) is 0 Å². The van der Waals surface area contributed by atoms with Gasteiger partial charge >= 0.3 is 5.97 Å². The molecule has 7 nitrogen and oxygen atoms in total. The molecule has 2 heterocycles. The second-order valence-corrected chi connectivity index (χ2v) is 9.95. The average molecular weight is 471 g/mol. The van der Waals surface area contributed by atoms with E-state index in [9.17, 15) is 25.2 Å². The minimum Gasteiger partial charge on any atom is -0.455 e. The molecule has 7 atom stereocenters. The van der Waals surface area contributed by atoms with Gasteiger partial charge in [-0.1, -0.05) is 45.4 Å². The molecule has 0 aromatic rings. The zero-order chi connectivity index (χ0) is 24.2. The van der Waals surface area contributed by atoms with Crippen molar-refractivity contribution in [3.05, 3.63) is 11.6 Å². The maximum absolute atomic E-state index is 11.6. The molecule has 0 aliphatic carbocycles. The highest BCUT2D eigenvalue weighted by atomic mass is 16.5. The summed E-state index contributed by atoms with van der Waals surface area (Å²) in [6.45, 7) is 3.95. The van der Waals surface area contributed by atoms with E-state index in [4.69, 9.17) is 9.47 Å². The van der Waals surface area contributed by atoms with Crippen LogP contribution in [0, 0.1) is 0 Å². The number of carbonyl (C=O) groups excluding carboxylic acids is 1. The first kappa shape index (κ1) is 28.2. The third-order valence-corrected chi connectivity index (χ3v) is 6.89. The molecular formula is C26H46O7. The quantitative estimate of drug-likeness (QED) is 0.190. The van der Waals surface area contributed by atoms with Gasteiger partial charge in [-0.25, -0.2) is 4.79 Å². The highest BCUT2D eigenvalue weighted by molar-refractivity contribution is 5.90. The molecule has 1 saturated heterocycles. The second-order valence-electron chi connectivity index (χ2n) is 9.95. The molecule has 0 saturated carbocycles. The van der Waals surface area contributed by atoms with Crippen LogP contribution < -0.4 is 0 Å². The number of hydrogen-bond acceptors (Lipinski definition) is 7. The number of rotatable bonds is 17. The van der Waals surface area contributed by atoms with Crippen LogP contribution in [0.1, 0.15) is 104 Å². The molecule has 7 heteroatoms. The smallest absolute Gasteiger partial charge is 0.334 e. The normalized spacial score (nSPS) is 26.7. The van der Waals surface area contributed by atoms with Gasteiger partial charge in [0.15, 0.2) is 0 Å². The number of cyclic esters (lactones) is 1. The van der Waals surface area contributed by atoms with Gasteiger partial charge in [-0.05, 0) is 57.9 Å². The van der Waals surface area contributed by atoms with Gasteiger partial charge in [0.05, 0.1) is 36.6 Å². The van der Waals surface area contributed by atoms with E-state index in [-0.39, 0.29) is 24.3 Å². The molecule has 0 bridgehead atoms. The molecule has 4 N–H and O–H groups in total. The molecular weight excluding hydrogens is 424 g/mol. The largest absolute Gasteiger partial charge is 0.455 e. The Morgan fingerprint density at radius 1 is 0.939 bits per heavy atom. The molecule has 2 aliphatic heterocycles. The lowest BCUT2D eigenvalue weighted by atomic mass is 9.98. The van der Waals surface area contributed by atoms with Crippen molar-refractivity contribution >= 4 is 5.97 Å². The summed E-state index contributed by atoms with van der Waals surface area (Å²) in [4.78, 5) is 11.6. The standard InChI is InChI=1S/C26H46O7/c1-3-4-5-6-11-22(28)23(29)13-14-24(30)25-15-12-21(33-25)10-8-7-9-20(27)17-19-16-18(2)32-26(19)31/h16,18,20-25,27-30H,3-15,17H2,1-2H3/t18-,20+,21+,22+,23+,24+,25+/m1/s1. The third-order valence-electron chi connectivity index (χ3n) is 6.89. The van der Waals surface area contributed by atoms with E-state index in [0.717, 1.165) is 57.8 Å². The SMILES string of the molecule is CCCCCC[C@H](O)[C@@H](O)CC[C@H](O)[C@@H]1CC[C@H](CCCC[C@H](O)CC2=C[C@@H](C)OC2=O)O1. The van der Waals surface area contributed by atoms with Gasteiger partial charge < -0.3 is 29.9 Å². The number of aliphatic hydroxyl groups is 4. The molecule has 0 radical (unpaired) electrons. The van der Waals surface area contributed by atoms with E-state index in [0.29, 0.717) is 37.7 Å². The van der Waals surface area contributed by atoms with Crippen molar-refractivity contribution in [2.75, 3.05) is 0 Å². The van der Waals surface area contributed by atoms with Crippen molar-refractivity contribution in [2.45, 2.75) is 146 Å². The van der Waals surface area contributed by atoms with Crippen LogP contribution in [0.4, 0.5) is 0 Å². The molecule has 33 heavy (non-hydrogen) atoms. The fourth-order valence-corrected chi connectivity index (χ4v) is 4.81. The van der Waals surface area contributed by atoms with E-state index < -0.39 is 24.4 Å². The average Bonchev–Trinajstić information content (AvgIpc) is 3.38. The lowest BCUT2D eigenvalue weighted by molar-refractivity contribution is -0.139. The summed E-state index contributed by atoms with van der Waals surface area (Å²) in [6, 6.07) is 0. The minimum atomic E-state index is -0.796. The number of unbranched alkanes of at least 4 members (excludes halogenated alkanes) is 4. The van der Waals surface area contributed by atoms with Gasteiger partial charge in [-0.15, -0.1) is 0 Å². The van der Waals surface area contributed by atoms with Gasteiger partial charge in [0, 0.05) is 12.0 Å². The van der Waals surface area contributed by atoms with Crippen molar-refractivity contribution in [3.63, 3.8) is 0 Å². The highest BCUT2D eigenvalue weighted by Crippen LogP contribution is 2.28. The summed E-state index contributed by atoms with van der Waals surface area (Å²) in [5.41, 5.74) is 0.570. The van der Waals surface area contributed by atoms with Crippen molar-refractivity contribution in [1.29, 1.82) is 0 Å². The second kappa shape index (κ2) is 15.1. The van der Waals surface area contributed by atoms with Gasteiger partial charge in [-0.3, -0.25) is 0 Å². The van der Waals surface area contributed by atoms with Crippen molar-refractivity contribution in [1.82, 2.24) is 0 Å². The summed E-state index contributed by atoms with van der Waals surface area (Å²) in [5.74, 6) is -0.320. The Bertz CT molecular complexity index is 593. The fraction of sp³-hybridized carbons (Fsp3) is 0.885. The zero-order valence-corrected chi connectivity index (χ0v) is 20.5. The maximum Gasteiger partial charge on any atom is 0.334 e. The molecule has 0 aromatic carbocycles. The van der Waals surface area contributed by atoms with Crippen LogP contribution in [0.2, 0.25) is 0 Å². The summed E-state index contributed by atoms with van der Waals surface area (Å²) >= 11 is 0. The number of aliphatic hydroxyl groups excluding tert-OH is 4. The van der Waals surface area contributed by atoms with Crippen LogP contribution in [-0.2, 0) is 14.3 Å². The van der Waals surface area contributed by atoms with Crippen LogP contribution in [-0.4, -0.2) is 69.1 Å². The van der Waals surface area contributed by atoms with Crippen LogP contribution in [0.5, 0.6) is 0 Å². The highest BCUT2D eigenvalue weighted by Gasteiger charge is 2.31. The lowest BCUT2D eigenvalue weighted by Gasteiger charge is -2.22. The van der Waals surface area contributed by atoms with Crippen molar-refractivity contribution in [2.24, 2.45) is 0 Å². The Morgan fingerprint density at radius 2 is 1.67 bits per heavy atom. The monoisotopic (exact) mass is 470 g/mol. The summed E-state index contributed by atoms with van der Waals surface area (Å²) in [6.07, 6.45) is 9.84. The maximum atomic E-state index is 11.6. The minimum absolute atomic E-state index is 0.115. The van der Waals surface area contributed by atoms with Gasteiger partial charge in [0.25, 0.3) is 0 Å². The first-order valence-electron chi connectivity index (χ1n) is 13.1. The molecule has 1 fully saturated rings. The van der Waals surface area contributed by atoms with E-state index >= 15 is 0 Å². The molecule has 0 amide bonds. The Balaban J connectivity index is 1.54. The molecule has 0 unspecified atom stereocenters. The summed E-state index contributed by atoms with van der Waals surface area (Å²) in [7, 11) is 0. The number of ether oxygens (including phenoxy) is 2. The first-order chi connectivity index (χ1) is 15.8. The van der Waals surface area contributed by atoms with E-state index in [1.807, 2.05) is 6.92 Å². The summed E-state index contributed by atoms with van der Waals surface area (Å²) in [5, 5.41) is 40.9. The lowest BCUT2D eigenvalue weighted by Crippen LogP contribution is -2.31. The Labute approximate surface area is 199 Å².